The summed E-state index contributed by atoms with van der Waals surface area (Å²) in [6.45, 7) is 0.935. The summed E-state index contributed by atoms with van der Waals surface area (Å²) in [6, 6.07) is 9.67. The lowest BCUT2D eigenvalue weighted by Gasteiger charge is -2.39. The Kier molecular flexibility index (Phi) is 5.51. The van der Waals surface area contributed by atoms with E-state index in [1.54, 1.807) is 23.1 Å². The minimum atomic E-state index is -4.40. The summed E-state index contributed by atoms with van der Waals surface area (Å²) in [5.74, 6) is -0.0527. The predicted molar refractivity (Wildman–Crippen MR) is 109 cm³/mol. The van der Waals surface area contributed by atoms with Crippen molar-refractivity contribution in [3.63, 3.8) is 0 Å². The van der Waals surface area contributed by atoms with Crippen molar-refractivity contribution in [3.8, 4) is 5.75 Å². The Labute approximate surface area is 177 Å². The molecule has 1 saturated heterocycles. The Balaban J connectivity index is 1.39. The summed E-state index contributed by atoms with van der Waals surface area (Å²) >= 11 is 0. The maximum absolute atomic E-state index is 12.7. The fourth-order valence-electron chi connectivity index (χ4n) is 4.29. The first-order valence-corrected chi connectivity index (χ1v) is 10.0. The van der Waals surface area contributed by atoms with Crippen molar-refractivity contribution in [3.05, 3.63) is 53.6 Å². The van der Waals surface area contributed by atoms with Gasteiger partial charge < -0.3 is 20.2 Å². The fourth-order valence-corrected chi connectivity index (χ4v) is 4.29. The van der Waals surface area contributed by atoms with Crippen LogP contribution in [0.1, 0.15) is 24.0 Å². The van der Waals surface area contributed by atoms with Crippen LogP contribution in [0.4, 0.5) is 24.5 Å². The highest BCUT2D eigenvalue weighted by Gasteiger charge is 2.38. The van der Waals surface area contributed by atoms with Gasteiger partial charge in [0.15, 0.2) is 12.5 Å². The molecule has 0 aliphatic carbocycles. The molecule has 1 unspecified atom stereocenters. The van der Waals surface area contributed by atoms with Crippen molar-refractivity contribution in [2.24, 2.45) is 0 Å². The first-order chi connectivity index (χ1) is 14.8. The lowest BCUT2D eigenvalue weighted by atomic mass is 10.0. The average Bonchev–Trinajstić information content (AvgIpc) is 3.13. The number of carbonyl (C=O) groups excluding carboxylic acids is 2. The standard InChI is InChI=1S/C22H22F3N3O3/c23-22(24,25)15-6-4-14(5-7-15)12-20(31)27-10-8-16(9-11-27)28-19(13-29)26-17-2-1-3-18(30)21(17)28/h1-7,13,16,19,26,30H,8-12H2. The Morgan fingerprint density at radius 3 is 2.42 bits per heavy atom. The summed E-state index contributed by atoms with van der Waals surface area (Å²) in [5, 5.41) is 13.4. The number of hydrogen-bond acceptors (Lipinski definition) is 5. The quantitative estimate of drug-likeness (QED) is 0.724. The molecule has 1 fully saturated rings. The van der Waals surface area contributed by atoms with Crippen LogP contribution in [0.2, 0.25) is 0 Å². The van der Waals surface area contributed by atoms with Crippen molar-refractivity contribution < 1.29 is 27.9 Å². The minimum absolute atomic E-state index is 0.0348. The normalized spacial score (nSPS) is 19.1. The van der Waals surface area contributed by atoms with Crippen LogP contribution in [0.3, 0.4) is 0 Å². The zero-order chi connectivity index (χ0) is 22.2. The number of fused-ring (bicyclic) bond motifs is 1. The van der Waals surface area contributed by atoms with E-state index in [9.17, 15) is 27.9 Å². The zero-order valence-electron chi connectivity index (χ0n) is 16.6. The van der Waals surface area contributed by atoms with Gasteiger partial charge in [-0.25, -0.2) is 0 Å². The van der Waals surface area contributed by atoms with Gasteiger partial charge in [0.05, 0.1) is 17.7 Å². The summed E-state index contributed by atoms with van der Waals surface area (Å²) in [5.41, 5.74) is 1.08. The largest absolute Gasteiger partial charge is 0.506 e. The molecule has 31 heavy (non-hydrogen) atoms. The number of carbonyl (C=O) groups is 2. The van der Waals surface area contributed by atoms with Crippen LogP contribution in [0, 0.1) is 0 Å². The van der Waals surface area contributed by atoms with Gasteiger partial charge in [0.25, 0.3) is 0 Å². The maximum atomic E-state index is 12.7. The predicted octanol–water partition coefficient (Wildman–Crippen LogP) is 3.40. The number of hydrogen-bond donors (Lipinski definition) is 2. The Morgan fingerprint density at radius 2 is 1.81 bits per heavy atom. The molecule has 0 saturated carbocycles. The minimum Gasteiger partial charge on any atom is -0.506 e. The van der Waals surface area contributed by atoms with Gasteiger partial charge in [0, 0.05) is 19.1 Å². The number of para-hydroxylation sites is 1. The van der Waals surface area contributed by atoms with Crippen molar-refractivity contribution in [1.29, 1.82) is 0 Å². The molecule has 4 rings (SSSR count). The number of halogens is 3. The Hall–Kier alpha value is -3.23. The molecule has 2 aliphatic heterocycles. The lowest BCUT2D eigenvalue weighted by Crippen LogP contribution is -2.51. The number of likely N-dealkylation sites (tertiary alicyclic amines) is 1. The topological polar surface area (TPSA) is 72.9 Å². The molecule has 2 aromatic carbocycles. The molecular weight excluding hydrogens is 411 g/mol. The number of amides is 1. The van der Waals surface area contributed by atoms with Gasteiger partial charge in [-0.15, -0.1) is 0 Å². The van der Waals surface area contributed by atoms with Crippen LogP contribution in [0.5, 0.6) is 5.75 Å². The molecule has 2 N–H and O–H groups in total. The molecule has 0 aromatic heterocycles. The SMILES string of the molecule is O=CC1Nc2cccc(O)c2N1C1CCN(C(=O)Cc2ccc(C(F)(F)F)cc2)CC1. The van der Waals surface area contributed by atoms with Gasteiger partial charge in [0.1, 0.15) is 11.4 Å². The highest BCUT2D eigenvalue weighted by molar-refractivity contribution is 5.88. The maximum Gasteiger partial charge on any atom is 0.416 e. The molecule has 0 spiro atoms. The summed E-state index contributed by atoms with van der Waals surface area (Å²) in [7, 11) is 0. The number of piperidine rings is 1. The molecule has 2 aromatic rings. The van der Waals surface area contributed by atoms with Crippen molar-refractivity contribution >= 4 is 23.6 Å². The van der Waals surface area contributed by atoms with E-state index in [0.717, 1.165) is 18.4 Å². The molecule has 6 nitrogen and oxygen atoms in total. The van der Waals surface area contributed by atoms with E-state index in [1.165, 1.54) is 12.1 Å². The van der Waals surface area contributed by atoms with E-state index in [4.69, 9.17) is 0 Å². The zero-order valence-corrected chi connectivity index (χ0v) is 16.6. The number of rotatable bonds is 4. The lowest BCUT2D eigenvalue weighted by molar-refractivity contribution is -0.137. The van der Waals surface area contributed by atoms with Gasteiger partial charge in [0.2, 0.25) is 5.91 Å². The molecule has 9 heteroatoms. The van der Waals surface area contributed by atoms with E-state index in [1.807, 2.05) is 4.90 Å². The number of phenolic OH excluding ortho intramolecular Hbond substituents is 1. The summed E-state index contributed by atoms with van der Waals surface area (Å²) in [4.78, 5) is 27.8. The molecule has 1 amide bonds. The number of aromatic hydroxyl groups is 1. The van der Waals surface area contributed by atoms with Gasteiger partial charge in [-0.05, 0) is 42.7 Å². The third-order valence-electron chi connectivity index (χ3n) is 5.85. The van der Waals surface area contributed by atoms with Crippen LogP contribution >= 0.6 is 0 Å². The number of anilines is 2. The second kappa shape index (κ2) is 8.13. The first-order valence-electron chi connectivity index (χ1n) is 10.0. The molecular formula is C22H22F3N3O3. The summed E-state index contributed by atoms with van der Waals surface area (Å²) in [6.07, 6.45) is -2.93. The van der Waals surface area contributed by atoms with Crippen LogP contribution in [0.25, 0.3) is 0 Å². The number of benzene rings is 2. The van der Waals surface area contributed by atoms with Gasteiger partial charge >= 0.3 is 6.18 Å². The molecule has 0 bridgehead atoms. The molecule has 1 atom stereocenters. The number of nitrogens with zero attached hydrogens (tertiary/aromatic N) is 2. The molecule has 0 radical (unpaired) electrons. The summed E-state index contributed by atoms with van der Waals surface area (Å²) < 4.78 is 38.1. The Morgan fingerprint density at radius 1 is 1.13 bits per heavy atom. The van der Waals surface area contributed by atoms with Crippen molar-refractivity contribution in [2.45, 2.75) is 37.6 Å². The van der Waals surface area contributed by atoms with E-state index in [2.05, 4.69) is 5.32 Å². The highest BCUT2D eigenvalue weighted by atomic mass is 19.4. The van der Waals surface area contributed by atoms with Crippen molar-refractivity contribution in [2.75, 3.05) is 23.3 Å². The fraction of sp³-hybridized carbons (Fsp3) is 0.364. The third-order valence-corrected chi connectivity index (χ3v) is 5.85. The average molecular weight is 433 g/mol. The first kappa shape index (κ1) is 21.0. The molecule has 2 aliphatic rings. The van der Waals surface area contributed by atoms with Crippen LogP contribution < -0.4 is 10.2 Å². The number of nitrogens with one attached hydrogen (secondary N) is 1. The smallest absolute Gasteiger partial charge is 0.416 e. The van der Waals surface area contributed by atoms with Gasteiger partial charge in [-0.3, -0.25) is 9.59 Å². The van der Waals surface area contributed by atoms with Crippen LogP contribution in [-0.4, -0.2) is 47.5 Å². The highest BCUT2D eigenvalue weighted by Crippen LogP contribution is 2.43. The van der Waals surface area contributed by atoms with E-state index < -0.39 is 17.9 Å². The molecule has 164 valence electrons. The monoisotopic (exact) mass is 433 g/mol. The van der Waals surface area contributed by atoms with Gasteiger partial charge in [-0.2, -0.15) is 13.2 Å². The van der Waals surface area contributed by atoms with E-state index >= 15 is 0 Å². The number of phenols is 1. The van der Waals surface area contributed by atoms with E-state index in [-0.39, 0.29) is 24.1 Å². The van der Waals surface area contributed by atoms with Gasteiger partial charge in [-0.1, -0.05) is 18.2 Å². The second-order valence-corrected chi connectivity index (χ2v) is 7.79. The van der Waals surface area contributed by atoms with E-state index in [0.29, 0.717) is 42.9 Å². The van der Waals surface area contributed by atoms with Crippen LogP contribution in [0.15, 0.2) is 42.5 Å². The third kappa shape index (κ3) is 4.17. The Bertz CT molecular complexity index is 970. The van der Waals surface area contributed by atoms with Crippen LogP contribution in [-0.2, 0) is 22.2 Å². The van der Waals surface area contributed by atoms with Crippen molar-refractivity contribution in [1.82, 2.24) is 4.90 Å². The second-order valence-electron chi connectivity index (χ2n) is 7.79. The number of aldehydes is 1. The molecule has 2 heterocycles. The number of alkyl halides is 3.